The predicted octanol–water partition coefficient (Wildman–Crippen LogP) is 1.15. The fourth-order valence-corrected chi connectivity index (χ4v) is 4.02. The van der Waals surface area contributed by atoms with E-state index in [1.807, 2.05) is 18.2 Å². The van der Waals surface area contributed by atoms with Crippen LogP contribution in [0.5, 0.6) is 0 Å². The van der Waals surface area contributed by atoms with Gasteiger partial charge in [-0.05, 0) is 31.9 Å². The van der Waals surface area contributed by atoms with Crippen molar-refractivity contribution in [1.82, 2.24) is 9.21 Å². The maximum Gasteiger partial charge on any atom is 0.243 e. The molecule has 1 saturated heterocycles. The second-order valence-electron chi connectivity index (χ2n) is 6.18. The molecule has 1 N–H and O–H groups in total. The van der Waals surface area contributed by atoms with Gasteiger partial charge in [0.1, 0.15) is 0 Å². The summed E-state index contributed by atoms with van der Waals surface area (Å²) in [5, 5.41) is 2.74. The summed E-state index contributed by atoms with van der Waals surface area (Å²) in [6, 6.07) is 9.06. The zero-order valence-corrected chi connectivity index (χ0v) is 15.5. The van der Waals surface area contributed by atoms with E-state index in [4.69, 9.17) is 0 Å². The molecule has 2 amide bonds. The summed E-state index contributed by atoms with van der Waals surface area (Å²) >= 11 is 0. The smallest absolute Gasteiger partial charge is 0.243 e. The molecular formula is C17H25N3O4S. The monoisotopic (exact) mass is 367 g/mol. The van der Waals surface area contributed by atoms with Crippen molar-refractivity contribution < 1.29 is 18.0 Å². The third-order valence-corrected chi connectivity index (χ3v) is 6.26. The zero-order valence-electron chi connectivity index (χ0n) is 14.6. The lowest BCUT2D eigenvalue weighted by Gasteiger charge is -2.32. The molecule has 1 fully saturated rings. The van der Waals surface area contributed by atoms with Gasteiger partial charge in [0.25, 0.3) is 0 Å². The van der Waals surface area contributed by atoms with Crippen LogP contribution in [0.25, 0.3) is 0 Å². The Morgan fingerprint density at radius 1 is 1.20 bits per heavy atom. The molecule has 0 atom stereocenters. The number of nitrogens with one attached hydrogen (secondary N) is 1. The maximum atomic E-state index is 12.5. The second-order valence-corrected chi connectivity index (χ2v) is 8.44. The minimum Gasteiger partial charge on any atom is -0.336 e. The summed E-state index contributed by atoms with van der Waals surface area (Å²) in [7, 11) is -1.60. The van der Waals surface area contributed by atoms with E-state index in [0.29, 0.717) is 31.6 Å². The Bertz CT molecular complexity index is 698. The molecule has 1 aliphatic heterocycles. The Labute approximate surface area is 149 Å². The SMILES string of the molecule is CCS(=O)(=O)N1CCC(C(=O)N(C)CC(=O)Nc2ccccc2)CC1. The van der Waals surface area contributed by atoms with Crippen LogP contribution in [0.15, 0.2) is 30.3 Å². The topological polar surface area (TPSA) is 86.8 Å². The molecule has 1 heterocycles. The number of hydrogen-bond acceptors (Lipinski definition) is 4. The number of carbonyl (C=O) groups is 2. The van der Waals surface area contributed by atoms with Gasteiger partial charge in [0.05, 0.1) is 12.3 Å². The first-order chi connectivity index (χ1) is 11.8. The molecule has 1 aromatic carbocycles. The number of sulfonamides is 1. The number of carbonyl (C=O) groups excluding carboxylic acids is 2. The van der Waals surface area contributed by atoms with Gasteiger partial charge in [-0.1, -0.05) is 18.2 Å². The van der Waals surface area contributed by atoms with Crippen molar-refractivity contribution >= 4 is 27.5 Å². The molecule has 0 bridgehead atoms. The minimum absolute atomic E-state index is 0.0266. The fraction of sp³-hybridized carbons (Fsp3) is 0.529. The van der Waals surface area contributed by atoms with Crippen molar-refractivity contribution in [3.63, 3.8) is 0 Å². The first kappa shape index (κ1) is 19.4. The highest BCUT2D eigenvalue weighted by Gasteiger charge is 2.31. The quantitative estimate of drug-likeness (QED) is 0.817. The van der Waals surface area contributed by atoms with Crippen molar-refractivity contribution in [2.75, 3.05) is 37.8 Å². The molecule has 0 spiro atoms. The van der Waals surface area contributed by atoms with E-state index in [2.05, 4.69) is 5.32 Å². The number of amides is 2. The third-order valence-electron chi connectivity index (χ3n) is 4.38. The van der Waals surface area contributed by atoms with Crippen LogP contribution < -0.4 is 5.32 Å². The molecule has 138 valence electrons. The fourth-order valence-electron chi connectivity index (χ4n) is 2.89. The summed E-state index contributed by atoms with van der Waals surface area (Å²) in [6.45, 7) is 2.31. The predicted molar refractivity (Wildman–Crippen MR) is 96.5 cm³/mol. The normalized spacial score (nSPS) is 16.4. The number of anilines is 1. The van der Waals surface area contributed by atoms with Gasteiger partial charge in [0.15, 0.2) is 0 Å². The molecule has 1 aliphatic rings. The number of piperidine rings is 1. The van der Waals surface area contributed by atoms with Crippen LogP contribution >= 0.6 is 0 Å². The standard InChI is InChI=1S/C17H25N3O4S/c1-3-25(23,24)20-11-9-14(10-12-20)17(22)19(2)13-16(21)18-15-7-5-4-6-8-15/h4-8,14H,3,9-13H2,1-2H3,(H,18,21). The van der Waals surface area contributed by atoms with Crippen LogP contribution in [-0.4, -0.2) is 61.9 Å². The molecular weight excluding hydrogens is 342 g/mol. The largest absolute Gasteiger partial charge is 0.336 e. The number of para-hydroxylation sites is 1. The second kappa shape index (κ2) is 8.44. The molecule has 1 aromatic rings. The Kier molecular flexibility index (Phi) is 6.55. The van der Waals surface area contributed by atoms with Crippen molar-refractivity contribution in [3.8, 4) is 0 Å². The van der Waals surface area contributed by atoms with E-state index < -0.39 is 10.0 Å². The van der Waals surface area contributed by atoms with E-state index >= 15 is 0 Å². The van der Waals surface area contributed by atoms with E-state index in [-0.39, 0.29) is 30.0 Å². The lowest BCUT2D eigenvalue weighted by Crippen LogP contribution is -2.45. The average Bonchev–Trinajstić information content (AvgIpc) is 2.61. The van der Waals surface area contributed by atoms with E-state index in [9.17, 15) is 18.0 Å². The lowest BCUT2D eigenvalue weighted by molar-refractivity contribution is -0.138. The van der Waals surface area contributed by atoms with Crippen LogP contribution in [0.2, 0.25) is 0 Å². The van der Waals surface area contributed by atoms with E-state index in [1.165, 1.54) is 9.21 Å². The Balaban J connectivity index is 1.83. The summed E-state index contributed by atoms with van der Waals surface area (Å²) in [5.74, 6) is -0.534. The van der Waals surface area contributed by atoms with Gasteiger partial charge in [0.2, 0.25) is 21.8 Å². The number of rotatable bonds is 6. The Morgan fingerprint density at radius 3 is 2.36 bits per heavy atom. The zero-order chi connectivity index (χ0) is 18.4. The van der Waals surface area contributed by atoms with Crippen molar-refractivity contribution in [1.29, 1.82) is 0 Å². The van der Waals surface area contributed by atoms with Gasteiger partial charge >= 0.3 is 0 Å². The highest BCUT2D eigenvalue weighted by molar-refractivity contribution is 7.89. The summed E-state index contributed by atoms with van der Waals surface area (Å²) in [6.07, 6.45) is 0.978. The minimum atomic E-state index is -3.20. The number of nitrogens with zero attached hydrogens (tertiary/aromatic N) is 2. The molecule has 0 aliphatic carbocycles. The number of benzene rings is 1. The van der Waals surface area contributed by atoms with E-state index in [0.717, 1.165) is 0 Å². The van der Waals surface area contributed by atoms with Crippen LogP contribution in [0.3, 0.4) is 0 Å². The number of hydrogen-bond donors (Lipinski definition) is 1. The van der Waals surface area contributed by atoms with Crippen molar-refractivity contribution in [2.24, 2.45) is 5.92 Å². The van der Waals surface area contributed by atoms with Gasteiger partial charge in [-0.2, -0.15) is 0 Å². The molecule has 0 radical (unpaired) electrons. The van der Waals surface area contributed by atoms with E-state index in [1.54, 1.807) is 26.1 Å². The molecule has 7 nitrogen and oxygen atoms in total. The molecule has 0 aromatic heterocycles. The summed E-state index contributed by atoms with van der Waals surface area (Å²) < 4.78 is 25.2. The van der Waals surface area contributed by atoms with Crippen LogP contribution in [0, 0.1) is 5.92 Å². The molecule has 0 unspecified atom stereocenters. The average molecular weight is 367 g/mol. The summed E-state index contributed by atoms with van der Waals surface area (Å²) in [4.78, 5) is 25.9. The Morgan fingerprint density at radius 2 is 1.80 bits per heavy atom. The third kappa shape index (κ3) is 5.27. The Hall–Kier alpha value is -1.93. The highest BCUT2D eigenvalue weighted by Crippen LogP contribution is 2.21. The van der Waals surface area contributed by atoms with Gasteiger partial charge in [0, 0.05) is 31.7 Å². The van der Waals surface area contributed by atoms with Crippen LogP contribution in [-0.2, 0) is 19.6 Å². The summed E-state index contributed by atoms with van der Waals surface area (Å²) in [5.41, 5.74) is 0.687. The molecule has 25 heavy (non-hydrogen) atoms. The number of likely N-dealkylation sites (N-methyl/N-ethyl adjacent to an activating group) is 1. The van der Waals surface area contributed by atoms with Crippen LogP contribution in [0.4, 0.5) is 5.69 Å². The van der Waals surface area contributed by atoms with Gasteiger partial charge in [-0.25, -0.2) is 12.7 Å². The molecule has 0 saturated carbocycles. The van der Waals surface area contributed by atoms with Gasteiger partial charge < -0.3 is 10.2 Å². The van der Waals surface area contributed by atoms with Gasteiger partial charge in [-0.3, -0.25) is 9.59 Å². The molecule has 8 heteroatoms. The maximum absolute atomic E-state index is 12.5. The first-order valence-corrected chi connectivity index (χ1v) is 10.0. The van der Waals surface area contributed by atoms with Gasteiger partial charge in [-0.15, -0.1) is 0 Å². The molecule has 2 rings (SSSR count). The lowest BCUT2D eigenvalue weighted by atomic mass is 9.96. The van der Waals surface area contributed by atoms with Crippen LogP contribution in [0.1, 0.15) is 19.8 Å². The van der Waals surface area contributed by atoms with Crippen molar-refractivity contribution in [3.05, 3.63) is 30.3 Å². The highest BCUT2D eigenvalue weighted by atomic mass is 32.2. The van der Waals surface area contributed by atoms with Crippen molar-refractivity contribution in [2.45, 2.75) is 19.8 Å². The first-order valence-electron chi connectivity index (χ1n) is 8.41.